The van der Waals surface area contributed by atoms with Crippen LogP contribution in [0, 0.1) is 5.82 Å². The molecule has 6 nitrogen and oxygen atoms in total. The van der Waals surface area contributed by atoms with Gasteiger partial charge in [0.25, 0.3) is 0 Å². The van der Waals surface area contributed by atoms with Crippen LogP contribution in [0.25, 0.3) is 11.3 Å². The van der Waals surface area contributed by atoms with Crippen LogP contribution in [0.4, 0.5) is 10.2 Å². The third-order valence-corrected chi connectivity index (χ3v) is 4.42. The first-order valence-corrected chi connectivity index (χ1v) is 8.42. The van der Waals surface area contributed by atoms with Crippen molar-refractivity contribution < 1.29 is 13.9 Å². The van der Waals surface area contributed by atoms with E-state index >= 15 is 0 Å². The summed E-state index contributed by atoms with van der Waals surface area (Å²) in [7, 11) is 1.89. The molecule has 0 radical (unpaired) electrons. The smallest absolute Gasteiger partial charge is 0.166 e. The van der Waals surface area contributed by atoms with Crippen LogP contribution in [-0.4, -0.2) is 21.4 Å². The molecule has 2 bridgehead atoms. The second kappa shape index (κ2) is 6.67. The third kappa shape index (κ3) is 3.08. The number of anilines is 1. The minimum absolute atomic E-state index is 0.140. The number of fused-ring (bicyclic) bond motifs is 5. The van der Waals surface area contributed by atoms with E-state index in [4.69, 9.17) is 15.2 Å². The standard InChI is InChI=1S/C19H19FN4O2/c1-24-18-12(10-23-24)3-2-6-25-16-5-4-15(20)7-14(16)11-26-17-8-13(18)9-22-19(17)21/h4-5,7-10H,2-3,6,11H2,1H3,(H2,21,22). The maximum atomic E-state index is 13.6. The van der Waals surface area contributed by atoms with Gasteiger partial charge < -0.3 is 15.2 Å². The average molecular weight is 354 g/mol. The van der Waals surface area contributed by atoms with Gasteiger partial charge in [0.2, 0.25) is 0 Å². The number of nitrogens with zero attached hydrogens (tertiary/aromatic N) is 3. The number of halogens is 1. The number of rotatable bonds is 0. The minimum atomic E-state index is -0.335. The first-order valence-electron chi connectivity index (χ1n) is 8.42. The molecule has 7 heteroatoms. The molecule has 0 amide bonds. The van der Waals surface area contributed by atoms with Crippen molar-refractivity contribution in [2.75, 3.05) is 12.3 Å². The second-order valence-electron chi connectivity index (χ2n) is 6.24. The van der Waals surface area contributed by atoms with Crippen LogP contribution in [0.2, 0.25) is 0 Å². The molecule has 134 valence electrons. The zero-order valence-electron chi connectivity index (χ0n) is 14.4. The number of aryl methyl sites for hydroxylation is 2. The maximum absolute atomic E-state index is 13.6. The Hall–Kier alpha value is -3.09. The predicted octanol–water partition coefficient (Wildman–Crippen LogP) is 3.11. The highest BCUT2D eigenvalue weighted by molar-refractivity contribution is 5.67. The van der Waals surface area contributed by atoms with E-state index < -0.39 is 0 Å². The SMILES string of the molecule is Cn1ncc2c1-c1cnc(N)c(c1)OCc1cc(F)ccc1OCCC2. The molecule has 1 aliphatic rings. The lowest BCUT2D eigenvalue weighted by atomic mass is 10.1. The van der Waals surface area contributed by atoms with Crippen LogP contribution in [0.15, 0.2) is 36.7 Å². The summed E-state index contributed by atoms with van der Waals surface area (Å²) in [6.45, 7) is 0.658. The Labute approximate surface area is 150 Å². The Morgan fingerprint density at radius 2 is 2.00 bits per heavy atom. The Balaban J connectivity index is 1.78. The summed E-state index contributed by atoms with van der Waals surface area (Å²) >= 11 is 0. The van der Waals surface area contributed by atoms with Crippen LogP contribution in [-0.2, 0) is 20.1 Å². The number of aromatic nitrogens is 3. The third-order valence-electron chi connectivity index (χ3n) is 4.42. The van der Waals surface area contributed by atoms with Crippen LogP contribution in [0.3, 0.4) is 0 Å². The summed E-state index contributed by atoms with van der Waals surface area (Å²) in [5, 5.41) is 4.36. The highest BCUT2D eigenvalue weighted by Gasteiger charge is 2.16. The van der Waals surface area contributed by atoms with E-state index in [0.29, 0.717) is 23.7 Å². The highest BCUT2D eigenvalue weighted by atomic mass is 19.1. The molecule has 1 aromatic carbocycles. The number of hydrogen-bond donors (Lipinski definition) is 1. The van der Waals surface area contributed by atoms with Gasteiger partial charge in [-0.15, -0.1) is 0 Å². The summed E-state index contributed by atoms with van der Waals surface area (Å²) in [6, 6.07) is 6.27. The molecule has 0 spiro atoms. The molecular formula is C19H19FN4O2. The minimum Gasteiger partial charge on any atom is -0.493 e. The summed E-state index contributed by atoms with van der Waals surface area (Å²) in [4.78, 5) is 4.25. The van der Waals surface area contributed by atoms with Crippen LogP contribution < -0.4 is 15.2 Å². The van der Waals surface area contributed by atoms with Gasteiger partial charge in [-0.3, -0.25) is 4.68 Å². The fraction of sp³-hybridized carbons (Fsp3) is 0.263. The Morgan fingerprint density at radius 1 is 1.12 bits per heavy atom. The van der Waals surface area contributed by atoms with Crippen molar-refractivity contribution in [1.82, 2.24) is 14.8 Å². The maximum Gasteiger partial charge on any atom is 0.166 e. The molecule has 0 saturated carbocycles. The summed E-state index contributed by atoms with van der Waals surface area (Å²) in [5.41, 5.74) is 9.56. The molecule has 1 aliphatic heterocycles. The van der Waals surface area contributed by atoms with E-state index in [9.17, 15) is 4.39 Å². The lowest BCUT2D eigenvalue weighted by Gasteiger charge is -2.13. The van der Waals surface area contributed by atoms with Crippen LogP contribution >= 0.6 is 0 Å². The van der Waals surface area contributed by atoms with Gasteiger partial charge >= 0.3 is 0 Å². The van der Waals surface area contributed by atoms with Gasteiger partial charge in [0.15, 0.2) is 11.6 Å². The molecule has 0 saturated heterocycles. The average Bonchev–Trinajstić information content (AvgIpc) is 2.99. The molecular weight excluding hydrogens is 335 g/mol. The van der Waals surface area contributed by atoms with E-state index in [1.54, 1.807) is 12.3 Å². The van der Waals surface area contributed by atoms with Crippen LogP contribution in [0.5, 0.6) is 11.5 Å². The monoisotopic (exact) mass is 354 g/mol. The normalized spacial score (nSPS) is 13.9. The molecule has 0 atom stereocenters. The van der Waals surface area contributed by atoms with Gasteiger partial charge in [-0.25, -0.2) is 9.37 Å². The van der Waals surface area contributed by atoms with E-state index in [1.807, 2.05) is 24.0 Å². The van der Waals surface area contributed by atoms with E-state index in [-0.39, 0.29) is 18.2 Å². The fourth-order valence-corrected chi connectivity index (χ4v) is 3.14. The lowest BCUT2D eigenvalue weighted by Crippen LogP contribution is -2.05. The lowest BCUT2D eigenvalue weighted by molar-refractivity contribution is 0.277. The molecule has 2 aromatic heterocycles. The molecule has 26 heavy (non-hydrogen) atoms. The van der Waals surface area contributed by atoms with E-state index in [2.05, 4.69) is 10.1 Å². The molecule has 0 fully saturated rings. The Kier molecular flexibility index (Phi) is 4.20. The molecule has 4 rings (SSSR count). The topological polar surface area (TPSA) is 75.2 Å². The molecule has 2 N–H and O–H groups in total. The Bertz CT molecular complexity index is 955. The van der Waals surface area contributed by atoms with Crippen molar-refractivity contribution in [3.05, 3.63) is 53.6 Å². The molecule has 0 aliphatic carbocycles. The summed E-state index contributed by atoms with van der Waals surface area (Å²) < 4.78 is 27.1. The summed E-state index contributed by atoms with van der Waals surface area (Å²) in [6.07, 6.45) is 5.19. The highest BCUT2D eigenvalue weighted by Crippen LogP contribution is 2.31. The fourth-order valence-electron chi connectivity index (χ4n) is 3.14. The van der Waals surface area contributed by atoms with Crippen molar-refractivity contribution in [2.24, 2.45) is 7.05 Å². The number of nitrogens with two attached hydrogens (primary N) is 1. The van der Waals surface area contributed by atoms with Crippen molar-refractivity contribution in [2.45, 2.75) is 19.4 Å². The van der Waals surface area contributed by atoms with Gasteiger partial charge in [0.1, 0.15) is 18.2 Å². The van der Waals surface area contributed by atoms with Gasteiger partial charge in [-0.05, 0) is 42.7 Å². The van der Waals surface area contributed by atoms with Gasteiger partial charge in [-0.2, -0.15) is 5.10 Å². The molecule has 0 unspecified atom stereocenters. The van der Waals surface area contributed by atoms with Crippen molar-refractivity contribution in [3.8, 4) is 22.8 Å². The largest absolute Gasteiger partial charge is 0.493 e. The number of ether oxygens (including phenoxy) is 2. The second-order valence-corrected chi connectivity index (χ2v) is 6.24. The van der Waals surface area contributed by atoms with Crippen molar-refractivity contribution in [1.29, 1.82) is 0 Å². The van der Waals surface area contributed by atoms with Gasteiger partial charge in [-0.1, -0.05) is 0 Å². The summed E-state index contributed by atoms with van der Waals surface area (Å²) in [5.74, 6) is 1.01. The first kappa shape index (κ1) is 16.4. The number of hydrogen-bond acceptors (Lipinski definition) is 5. The predicted molar refractivity (Wildman–Crippen MR) is 95.4 cm³/mol. The number of benzene rings is 1. The van der Waals surface area contributed by atoms with Gasteiger partial charge in [0, 0.05) is 24.4 Å². The van der Waals surface area contributed by atoms with E-state index in [0.717, 1.165) is 29.7 Å². The first-order chi connectivity index (χ1) is 12.6. The zero-order valence-corrected chi connectivity index (χ0v) is 14.4. The van der Waals surface area contributed by atoms with E-state index in [1.165, 1.54) is 12.1 Å². The zero-order chi connectivity index (χ0) is 18.1. The van der Waals surface area contributed by atoms with Crippen molar-refractivity contribution in [3.63, 3.8) is 0 Å². The van der Waals surface area contributed by atoms with Gasteiger partial charge in [0.05, 0.1) is 18.5 Å². The molecule has 3 aromatic rings. The number of pyridine rings is 1. The van der Waals surface area contributed by atoms with Crippen molar-refractivity contribution >= 4 is 5.82 Å². The number of nitrogen functional groups attached to an aromatic ring is 1. The quantitative estimate of drug-likeness (QED) is 0.671. The van der Waals surface area contributed by atoms with Crippen LogP contribution in [0.1, 0.15) is 17.5 Å². The molecule has 3 heterocycles. The Morgan fingerprint density at radius 3 is 2.88 bits per heavy atom.